The summed E-state index contributed by atoms with van der Waals surface area (Å²) in [5, 5.41) is 5.26. The lowest BCUT2D eigenvalue weighted by atomic mass is 9.98. The molecule has 1 fully saturated rings. The molecule has 1 aromatic rings. The lowest BCUT2D eigenvalue weighted by molar-refractivity contribution is -0.119. The van der Waals surface area contributed by atoms with Crippen molar-refractivity contribution in [2.75, 3.05) is 23.9 Å². The van der Waals surface area contributed by atoms with Gasteiger partial charge >= 0.3 is 6.03 Å². The molecular formula is C18H26N4O4. The molecule has 2 unspecified atom stereocenters. The predicted molar refractivity (Wildman–Crippen MR) is 99.2 cm³/mol. The van der Waals surface area contributed by atoms with Crippen molar-refractivity contribution >= 4 is 29.2 Å². The van der Waals surface area contributed by atoms with Crippen LogP contribution in [0.3, 0.4) is 0 Å². The molecule has 142 valence electrons. The molecule has 1 heterocycles. The monoisotopic (exact) mass is 362 g/mol. The summed E-state index contributed by atoms with van der Waals surface area (Å²) in [6.07, 6.45) is 2.05. The van der Waals surface area contributed by atoms with E-state index in [1.165, 1.54) is 7.11 Å². The number of benzene rings is 1. The molecule has 0 spiro atoms. The van der Waals surface area contributed by atoms with Crippen molar-refractivity contribution in [2.45, 2.75) is 39.2 Å². The molecule has 1 aromatic carbocycles. The summed E-state index contributed by atoms with van der Waals surface area (Å²) in [6, 6.07) is 3.64. The summed E-state index contributed by atoms with van der Waals surface area (Å²) >= 11 is 0. The maximum Gasteiger partial charge on any atom is 0.312 e. The minimum atomic E-state index is -0.745. The molecule has 1 saturated heterocycles. The molecule has 4 amide bonds. The average Bonchev–Trinajstić information content (AvgIpc) is 3.04. The number of ether oxygens (including phenoxy) is 1. The molecule has 2 atom stereocenters. The molecule has 0 saturated carbocycles. The largest absolute Gasteiger partial charge is 0.494 e. The van der Waals surface area contributed by atoms with Gasteiger partial charge in [-0.25, -0.2) is 4.79 Å². The molecule has 1 aliphatic rings. The zero-order valence-electron chi connectivity index (χ0n) is 15.4. The van der Waals surface area contributed by atoms with Crippen LogP contribution < -0.4 is 26.0 Å². The van der Waals surface area contributed by atoms with Gasteiger partial charge in [-0.15, -0.1) is 0 Å². The Labute approximate surface area is 153 Å². The molecule has 0 aromatic heterocycles. The number of amides is 4. The van der Waals surface area contributed by atoms with Gasteiger partial charge in [0.1, 0.15) is 11.8 Å². The highest BCUT2D eigenvalue weighted by atomic mass is 16.5. The Morgan fingerprint density at radius 2 is 2.12 bits per heavy atom. The first kappa shape index (κ1) is 19.6. The van der Waals surface area contributed by atoms with E-state index in [9.17, 15) is 14.4 Å². The van der Waals surface area contributed by atoms with Gasteiger partial charge in [0, 0.05) is 24.7 Å². The van der Waals surface area contributed by atoms with Crippen LogP contribution in [0.4, 0.5) is 16.2 Å². The molecule has 0 radical (unpaired) electrons. The van der Waals surface area contributed by atoms with E-state index in [4.69, 9.17) is 10.5 Å². The first-order valence-corrected chi connectivity index (χ1v) is 8.72. The smallest absolute Gasteiger partial charge is 0.312 e. The van der Waals surface area contributed by atoms with Crippen molar-refractivity contribution in [2.24, 2.45) is 11.7 Å². The molecule has 8 nitrogen and oxygen atoms in total. The number of urea groups is 1. The number of carbonyl (C=O) groups is 3. The standard InChI is InChI=1S/C18H26N4O4/c1-4-11(2)16(21-18(19)25)17(24)20-12-7-8-13(14(10-12)26-3)22-9-5-6-15(22)23/h7-8,10-11,16H,4-6,9H2,1-3H3,(H,20,24)(H3,19,21,25). The number of nitrogens with two attached hydrogens (primary N) is 1. The van der Waals surface area contributed by atoms with E-state index in [-0.39, 0.29) is 17.7 Å². The lowest BCUT2D eigenvalue weighted by Gasteiger charge is -2.23. The Morgan fingerprint density at radius 1 is 1.38 bits per heavy atom. The fourth-order valence-electron chi connectivity index (χ4n) is 2.96. The van der Waals surface area contributed by atoms with Gasteiger partial charge in [0.2, 0.25) is 11.8 Å². The van der Waals surface area contributed by atoms with E-state index in [0.29, 0.717) is 36.5 Å². The fourth-order valence-corrected chi connectivity index (χ4v) is 2.96. The van der Waals surface area contributed by atoms with Gasteiger partial charge in [0.05, 0.1) is 12.8 Å². The number of carbonyl (C=O) groups excluding carboxylic acids is 3. The Morgan fingerprint density at radius 3 is 2.65 bits per heavy atom. The highest BCUT2D eigenvalue weighted by molar-refractivity contribution is 5.99. The van der Waals surface area contributed by atoms with Crippen LogP contribution in [0.5, 0.6) is 5.75 Å². The van der Waals surface area contributed by atoms with Crippen LogP contribution in [0.25, 0.3) is 0 Å². The van der Waals surface area contributed by atoms with Gasteiger partial charge in [0.25, 0.3) is 0 Å². The zero-order chi connectivity index (χ0) is 19.3. The number of anilines is 2. The SMILES string of the molecule is CCC(C)C(NC(N)=O)C(=O)Nc1ccc(N2CCCC2=O)c(OC)c1. The van der Waals surface area contributed by atoms with E-state index >= 15 is 0 Å². The molecule has 2 rings (SSSR count). The van der Waals surface area contributed by atoms with E-state index in [1.807, 2.05) is 13.8 Å². The zero-order valence-corrected chi connectivity index (χ0v) is 15.4. The minimum Gasteiger partial charge on any atom is -0.494 e. The number of nitrogens with one attached hydrogen (secondary N) is 2. The molecule has 1 aliphatic heterocycles. The van der Waals surface area contributed by atoms with E-state index < -0.39 is 12.1 Å². The van der Waals surface area contributed by atoms with Crippen LogP contribution in [-0.4, -0.2) is 37.5 Å². The third-order valence-corrected chi connectivity index (χ3v) is 4.60. The van der Waals surface area contributed by atoms with Crippen LogP contribution in [0, 0.1) is 5.92 Å². The number of rotatable bonds is 7. The highest BCUT2D eigenvalue weighted by Crippen LogP contribution is 2.33. The topological polar surface area (TPSA) is 114 Å². The Kier molecular flexibility index (Phi) is 6.43. The summed E-state index contributed by atoms with van der Waals surface area (Å²) < 4.78 is 5.39. The molecule has 0 aliphatic carbocycles. The van der Waals surface area contributed by atoms with E-state index in [1.54, 1.807) is 23.1 Å². The van der Waals surface area contributed by atoms with Gasteiger partial charge in [-0.05, 0) is 24.5 Å². The maximum atomic E-state index is 12.6. The predicted octanol–water partition coefficient (Wildman–Crippen LogP) is 1.84. The van der Waals surface area contributed by atoms with Crippen LogP contribution in [0.1, 0.15) is 33.1 Å². The summed E-state index contributed by atoms with van der Waals surface area (Å²) in [6.45, 7) is 4.45. The van der Waals surface area contributed by atoms with Crippen LogP contribution in [0.15, 0.2) is 18.2 Å². The van der Waals surface area contributed by atoms with Gasteiger partial charge in [-0.1, -0.05) is 20.3 Å². The third-order valence-electron chi connectivity index (χ3n) is 4.60. The van der Waals surface area contributed by atoms with Crippen molar-refractivity contribution < 1.29 is 19.1 Å². The summed E-state index contributed by atoms with van der Waals surface area (Å²) in [4.78, 5) is 37.4. The Bertz CT molecular complexity index is 692. The molecule has 26 heavy (non-hydrogen) atoms. The normalized spacial score (nSPS) is 16.1. The first-order valence-electron chi connectivity index (χ1n) is 8.72. The van der Waals surface area contributed by atoms with Crippen LogP contribution >= 0.6 is 0 Å². The Balaban J connectivity index is 2.19. The number of hydrogen-bond donors (Lipinski definition) is 3. The van der Waals surface area contributed by atoms with Crippen LogP contribution in [-0.2, 0) is 9.59 Å². The average molecular weight is 362 g/mol. The molecule has 4 N–H and O–H groups in total. The van der Waals surface area contributed by atoms with E-state index in [2.05, 4.69) is 10.6 Å². The van der Waals surface area contributed by atoms with Crippen molar-refractivity contribution in [1.82, 2.24) is 5.32 Å². The highest BCUT2D eigenvalue weighted by Gasteiger charge is 2.27. The van der Waals surface area contributed by atoms with Gasteiger partial charge < -0.3 is 26.0 Å². The summed E-state index contributed by atoms with van der Waals surface area (Å²) in [7, 11) is 1.52. The van der Waals surface area contributed by atoms with Crippen molar-refractivity contribution in [3.05, 3.63) is 18.2 Å². The second-order valence-electron chi connectivity index (χ2n) is 6.40. The number of hydrogen-bond acceptors (Lipinski definition) is 4. The summed E-state index contributed by atoms with van der Waals surface area (Å²) in [5.41, 5.74) is 6.38. The van der Waals surface area contributed by atoms with E-state index in [0.717, 1.165) is 6.42 Å². The maximum absolute atomic E-state index is 12.6. The van der Waals surface area contributed by atoms with Gasteiger partial charge in [0.15, 0.2) is 0 Å². The van der Waals surface area contributed by atoms with Crippen molar-refractivity contribution in [3.8, 4) is 5.75 Å². The summed E-state index contributed by atoms with van der Waals surface area (Å²) in [5.74, 6) is 0.125. The number of methoxy groups -OCH3 is 1. The second-order valence-corrected chi connectivity index (χ2v) is 6.40. The number of primary amides is 1. The molecule has 0 bridgehead atoms. The lowest BCUT2D eigenvalue weighted by Crippen LogP contribution is -2.49. The second kappa shape index (κ2) is 8.55. The quantitative estimate of drug-likeness (QED) is 0.687. The van der Waals surface area contributed by atoms with Gasteiger partial charge in [-0.2, -0.15) is 0 Å². The third kappa shape index (κ3) is 4.44. The van der Waals surface area contributed by atoms with Crippen molar-refractivity contribution in [3.63, 3.8) is 0 Å². The molecule has 8 heteroatoms. The minimum absolute atomic E-state index is 0.0579. The van der Waals surface area contributed by atoms with Gasteiger partial charge in [-0.3, -0.25) is 9.59 Å². The molecular weight excluding hydrogens is 336 g/mol. The number of nitrogens with zero attached hydrogens (tertiary/aromatic N) is 1. The first-order chi connectivity index (χ1) is 12.4. The van der Waals surface area contributed by atoms with Crippen molar-refractivity contribution in [1.29, 1.82) is 0 Å². The fraction of sp³-hybridized carbons (Fsp3) is 0.500. The Hall–Kier alpha value is -2.77. The van der Waals surface area contributed by atoms with Crippen LogP contribution in [0.2, 0.25) is 0 Å².